The molecule has 1 amide bonds. The maximum absolute atomic E-state index is 12.2. The molecule has 0 aliphatic heterocycles. The molecule has 2 aromatic rings. The molecular formula is C14H19N3O2S. The van der Waals surface area contributed by atoms with Crippen LogP contribution < -0.4 is 11.1 Å². The molecule has 0 saturated heterocycles. The fraction of sp³-hybridized carbons (Fsp3) is 0.429. The molecule has 2 aromatic heterocycles. The second-order valence-electron chi connectivity index (χ2n) is 4.50. The summed E-state index contributed by atoms with van der Waals surface area (Å²) < 4.78 is 4.99. The normalized spacial score (nSPS) is 10.7. The Bertz CT molecular complexity index is 589. The van der Waals surface area contributed by atoms with E-state index < -0.39 is 0 Å². The van der Waals surface area contributed by atoms with Gasteiger partial charge in [-0.3, -0.25) is 4.79 Å². The lowest BCUT2D eigenvalue weighted by atomic mass is 10.2. The van der Waals surface area contributed by atoms with Crippen LogP contribution in [0.1, 0.15) is 41.9 Å². The number of thiophene rings is 1. The zero-order valence-corrected chi connectivity index (χ0v) is 12.5. The van der Waals surface area contributed by atoms with Gasteiger partial charge in [0.1, 0.15) is 11.3 Å². The molecule has 3 N–H and O–H groups in total. The third-order valence-electron chi connectivity index (χ3n) is 3.00. The first-order chi connectivity index (χ1) is 9.67. The van der Waals surface area contributed by atoms with Gasteiger partial charge in [-0.25, -0.2) is 0 Å². The maximum Gasteiger partial charge on any atom is 0.259 e. The molecule has 0 bridgehead atoms. The highest BCUT2D eigenvalue weighted by Crippen LogP contribution is 2.32. The summed E-state index contributed by atoms with van der Waals surface area (Å²) in [5, 5.41) is 6.78. The van der Waals surface area contributed by atoms with E-state index in [-0.39, 0.29) is 11.8 Å². The minimum atomic E-state index is -0.223. The Labute approximate surface area is 122 Å². The SMILES string of the molecule is CCCCNC(=O)c1c(-c2ccc(CC)s2)noc1N. The number of nitrogens with one attached hydrogen (secondary N) is 1. The van der Waals surface area contributed by atoms with E-state index in [0.717, 1.165) is 24.1 Å². The number of anilines is 1. The van der Waals surface area contributed by atoms with E-state index in [1.807, 2.05) is 12.1 Å². The van der Waals surface area contributed by atoms with E-state index in [1.165, 1.54) is 4.88 Å². The smallest absolute Gasteiger partial charge is 0.259 e. The molecule has 108 valence electrons. The summed E-state index contributed by atoms with van der Waals surface area (Å²) in [6.45, 7) is 4.79. The molecule has 2 rings (SSSR count). The van der Waals surface area contributed by atoms with Crippen LogP contribution in [0.2, 0.25) is 0 Å². The minimum Gasteiger partial charge on any atom is -0.367 e. The van der Waals surface area contributed by atoms with Crippen molar-refractivity contribution >= 4 is 23.1 Å². The Morgan fingerprint density at radius 3 is 2.90 bits per heavy atom. The number of aromatic nitrogens is 1. The quantitative estimate of drug-likeness (QED) is 0.802. The fourth-order valence-electron chi connectivity index (χ4n) is 1.85. The lowest BCUT2D eigenvalue weighted by molar-refractivity contribution is 0.0954. The Hall–Kier alpha value is -1.82. The highest BCUT2D eigenvalue weighted by atomic mass is 32.1. The van der Waals surface area contributed by atoms with Gasteiger partial charge in [0.15, 0.2) is 0 Å². The summed E-state index contributed by atoms with van der Waals surface area (Å²) >= 11 is 1.60. The number of rotatable bonds is 6. The molecule has 2 heterocycles. The van der Waals surface area contributed by atoms with Gasteiger partial charge < -0.3 is 15.6 Å². The van der Waals surface area contributed by atoms with Gasteiger partial charge in [0.05, 0.1) is 4.88 Å². The van der Waals surface area contributed by atoms with E-state index in [1.54, 1.807) is 11.3 Å². The summed E-state index contributed by atoms with van der Waals surface area (Å²) in [5.41, 5.74) is 6.61. The molecule has 0 atom stereocenters. The third kappa shape index (κ3) is 3.01. The molecule has 0 aliphatic rings. The van der Waals surface area contributed by atoms with Gasteiger partial charge in [-0.15, -0.1) is 11.3 Å². The topological polar surface area (TPSA) is 81.2 Å². The number of hydrogen-bond donors (Lipinski definition) is 2. The Kier molecular flexibility index (Phi) is 4.79. The average Bonchev–Trinajstić information content (AvgIpc) is 3.04. The van der Waals surface area contributed by atoms with E-state index in [2.05, 4.69) is 24.3 Å². The van der Waals surface area contributed by atoms with Gasteiger partial charge in [0, 0.05) is 11.4 Å². The number of nitrogen functional groups attached to an aromatic ring is 1. The van der Waals surface area contributed by atoms with Crippen LogP contribution in [0.3, 0.4) is 0 Å². The first-order valence-electron chi connectivity index (χ1n) is 6.79. The highest BCUT2D eigenvalue weighted by molar-refractivity contribution is 7.15. The Balaban J connectivity index is 2.24. The lowest BCUT2D eigenvalue weighted by Crippen LogP contribution is -2.25. The van der Waals surface area contributed by atoms with E-state index in [4.69, 9.17) is 10.3 Å². The second-order valence-corrected chi connectivity index (χ2v) is 5.67. The van der Waals surface area contributed by atoms with Crippen molar-refractivity contribution in [3.05, 3.63) is 22.6 Å². The van der Waals surface area contributed by atoms with Crippen LogP contribution in [-0.2, 0) is 6.42 Å². The van der Waals surface area contributed by atoms with Crippen molar-refractivity contribution in [3.8, 4) is 10.6 Å². The van der Waals surface area contributed by atoms with Gasteiger partial charge >= 0.3 is 0 Å². The number of carbonyl (C=O) groups is 1. The number of hydrogen-bond acceptors (Lipinski definition) is 5. The van der Waals surface area contributed by atoms with Crippen LogP contribution in [0.25, 0.3) is 10.6 Å². The maximum atomic E-state index is 12.2. The first-order valence-corrected chi connectivity index (χ1v) is 7.61. The minimum absolute atomic E-state index is 0.0699. The number of nitrogens with two attached hydrogens (primary N) is 1. The molecule has 6 heteroatoms. The predicted octanol–water partition coefficient (Wildman–Crippen LogP) is 3.08. The molecule has 0 unspecified atom stereocenters. The Morgan fingerprint density at radius 1 is 1.45 bits per heavy atom. The van der Waals surface area contributed by atoms with E-state index in [0.29, 0.717) is 17.8 Å². The van der Waals surface area contributed by atoms with Gasteiger partial charge in [0.2, 0.25) is 5.88 Å². The highest BCUT2D eigenvalue weighted by Gasteiger charge is 2.23. The van der Waals surface area contributed by atoms with Crippen LogP contribution in [0.5, 0.6) is 0 Å². The summed E-state index contributed by atoms with van der Waals surface area (Å²) in [4.78, 5) is 14.3. The largest absolute Gasteiger partial charge is 0.367 e. The summed E-state index contributed by atoms with van der Waals surface area (Å²) in [5.74, 6) is -0.154. The van der Waals surface area contributed by atoms with Crippen molar-refractivity contribution in [2.24, 2.45) is 0 Å². The van der Waals surface area contributed by atoms with Crippen molar-refractivity contribution in [1.29, 1.82) is 0 Å². The number of aryl methyl sites for hydroxylation is 1. The molecule has 0 radical (unpaired) electrons. The molecule has 5 nitrogen and oxygen atoms in total. The molecule has 0 aliphatic carbocycles. The molecule has 0 aromatic carbocycles. The average molecular weight is 293 g/mol. The van der Waals surface area contributed by atoms with Gasteiger partial charge in [-0.2, -0.15) is 0 Å². The van der Waals surface area contributed by atoms with Crippen LogP contribution in [0.4, 0.5) is 5.88 Å². The van der Waals surface area contributed by atoms with Crippen LogP contribution in [-0.4, -0.2) is 17.6 Å². The lowest BCUT2D eigenvalue weighted by Gasteiger charge is -2.03. The summed E-state index contributed by atoms with van der Waals surface area (Å²) in [6, 6.07) is 3.98. The number of amides is 1. The molecule has 0 spiro atoms. The number of carbonyl (C=O) groups excluding carboxylic acids is 1. The Morgan fingerprint density at radius 2 is 2.25 bits per heavy atom. The predicted molar refractivity (Wildman–Crippen MR) is 80.8 cm³/mol. The molecular weight excluding hydrogens is 274 g/mol. The van der Waals surface area contributed by atoms with Crippen molar-refractivity contribution in [2.45, 2.75) is 33.1 Å². The van der Waals surface area contributed by atoms with Crippen molar-refractivity contribution in [1.82, 2.24) is 10.5 Å². The zero-order chi connectivity index (χ0) is 14.5. The zero-order valence-electron chi connectivity index (χ0n) is 11.7. The van der Waals surface area contributed by atoms with E-state index in [9.17, 15) is 4.79 Å². The fourth-order valence-corrected chi connectivity index (χ4v) is 2.79. The van der Waals surface area contributed by atoms with E-state index >= 15 is 0 Å². The van der Waals surface area contributed by atoms with Crippen LogP contribution >= 0.6 is 11.3 Å². The third-order valence-corrected chi connectivity index (χ3v) is 4.24. The number of unbranched alkanes of at least 4 members (excludes halogenated alkanes) is 1. The van der Waals surface area contributed by atoms with Gasteiger partial charge in [-0.1, -0.05) is 25.4 Å². The standard InChI is InChI=1S/C14H19N3O2S/c1-3-5-8-16-14(18)11-12(17-19-13(11)15)10-7-6-9(4-2)20-10/h6-7H,3-5,8,15H2,1-2H3,(H,16,18). The monoisotopic (exact) mass is 293 g/mol. The van der Waals surface area contributed by atoms with Crippen LogP contribution in [0.15, 0.2) is 16.7 Å². The molecule has 0 saturated carbocycles. The molecule has 0 fully saturated rings. The van der Waals surface area contributed by atoms with Crippen molar-refractivity contribution in [3.63, 3.8) is 0 Å². The summed E-state index contributed by atoms with van der Waals surface area (Å²) in [7, 11) is 0. The van der Waals surface area contributed by atoms with Crippen LogP contribution in [0, 0.1) is 0 Å². The van der Waals surface area contributed by atoms with Gasteiger partial charge in [-0.05, 0) is 25.0 Å². The first kappa shape index (κ1) is 14.6. The second kappa shape index (κ2) is 6.56. The van der Waals surface area contributed by atoms with Gasteiger partial charge in [0.25, 0.3) is 5.91 Å². The summed E-state index contributed by atoms with van der Waals surface area (Å²) in [6.07, 6.45) is 2.91. The molecule has 20 heavy (non-hydrogen) atoms. The van der Waals surface area contributed by atoms with Crippen molar-refractivity contribution in [2.75, 3.05) is 12.3 Å². The number of nitrogens with zero attached hydrogens (tertiary/aromatic N) is 1. The van der Waals surface area contributed by atoms with Crippen molar-refractivity contribution < 1.29 is 9.32 Å².